The number of aromatic carboxylic acids is 1. The van der Waals surface area contributed by atoms with Crippen molar-refractivity contribution in [1.82, 2.24) is 0 Å². The van der Waals surface area contributed by atoms with Crippen molar-refractivity contribution in [2.45, 2.75) is 66.2 Å². The topological polar surface area (TPSA) is 37.3 Å². The Bertz CT molecular complexity index is 438. The SMILES string of the molecule is CCCC[P](CC)(CCCC)CCCC.O=C(O)c1ccc(Br)cc1. The van der Waals surface area contributed by atoms with Crippen molar-refractivity contribution >= 4 is 29.2 Å². The molecule has 0 bridgehead atoms. The minimum atomic E-state index is -0.896. The zero-order chi connectivity index (χ0) is 19.1. The van der Waals surface area contributed by atoms with E-state index in [0.29, 0.717) is 5.56 Å². The van der Waals surface area contributed by atoms with Crippen LogP contribution in [-0.4, -0.2) is 35.7 Å². The lowest BCUT2D eigenvalue weighted by atomic mass is 10.2. The number of carboxylic acid groups (broad SMARTS) is 1. The maximum absolute atomic E-state index is 10.3. The summed E-state index contributed by atoms with van der Waals surface area (Å²) >= 11 is 3.20. The zero-order valence-electron chi connectivity index (χ0n) is 16.6. The molecular formula is C21H37BrO2P. The van der Waals surface area contributed by atoms with Crippen molar-refractivity contribution in [2.75, 3.05) is 24.6 Å². The van der Waals surface area contributed by atoms with E-state index in [1.54, 1.807) is 42.8 Å². The molecule has 0 amide bonds. The maximum atomic E-state index is 10.3. The van der Waals surface area contributed by atoms with Crippen LogP contribution in [0.3, 0.4) is 0 Å². The van der Waals surface area contributed by atoms with Crippen LogP contribution in [0.25, 0.3) is 0 Å². The molecule has 0 unspecified atom stereocenters. The van der Waals surface area contributed by atoms with Gasteiger partial charge in [0.25, 0.3) is 0 Å². The molecule has 0 aliphatic rings. The minimum absolute atomic E-state index is 0.309. The fraction of sp³-hybridized carbons (Fsp3) is 0.667. The first-order valence-electron chi connectivity index (χ1n) is 9.78. The molecule has 0 saturated carbocycles. The normalized spacial score (nSPS) is 10.9. The van der Waals surface area contributed by atoms with E-state index in [0.717, 1.165) is 4.47 Å². The lowest BCUT2D eigenvalue weighted by Crippen LogP contribution is -2.11. The third-order valence-corrected chi connectivity index (χ3v) is 10.4. The van der Waals surface area contributed by atoms with Crippen LogP contribution in [0.15, 0.2) is 28.7 Å². The summed E-state index contributed by atoms with van der Waals surface area (Å²) in [6.07, 6.45) is 14.9. The zero-order valence-corrected chi connectivity index (χ0v) is 19.0. The molecule has 25 heavy (non-hydrogen) atoms. The van der Waals surface area contributed by atoms with E-state index in [1.807, 2.05) is 0 Å². The molecule has 0 heterocycles. The Morgan fingerprint density at radius 1 is 0.880 bits per heavy atom. The van der Waals surface area contributed by atoms with Crippen molar-refractivity contribution in [3.8, 4) is 0 Å². The number of carbonyl (C=O) groups is 1. The molecule has 1 aromatic rings. The molecule has 0 spiro atoms. The summed E-state index contributed by atoms with van der Waals surface area (Å²) in [6.45, 7) is 9.46. The summed E-state index contributed by atoms with van der Waals surface area (Å²) in [5.74, 6) is -0.896. The molecule has 1 rings (SSSR count). The molecule has 2 nitrogen and oxygen atoms in total. The highest BCUT2D eigenvalue weighted by Gasteiger charge is 2.22. The fourth-order valence-corrected chi connectivity index (χ4v) is 7.73. The van der Waals surface area contributed by atoms with Gasteiger partial charge in [0.1, 0.15) is 0 Å². The Kier molecular flexibility index (Phi) is 14.5. The van der Waals surface area contributed by atoms with Crippen LogP contribution in [0.2, 0.25) is 0 Å². The lowest BCUT2D eigenvalue weighted by molar-refractivity contribution is 0.0697. The number of rotatable bonds is 11. The molecule has 0 fully saturated rings. The molecule has 0 saturated heterocycles. The smallest absolute Gasteiger partial charge is 0.335 e. The average Bonchev–Trinajstić information content (AvgIpc) is 2.62. The van der Waals surface area contributed by atoms with Gasteiger partial charge in [-0.15, -0.1) is 7.26 Å². The second kappa shape index (κ2) is 14.7. The van der Waals surface area contributed by atoms with Crippen molar-refractivity contribution in [1.29, 1.82) is 0 Å². The number of unbranched alkanes of at least 4 members (excludes halogenated alkanes) is 3. The van der Waals surface area contributed by atoms with Crippen LogP contribution < -0.4 is 0 Å². The molecule has 145 valence electrons. The average molecular weight is 432 g/mol. The van der Waals surface area contributed by atoms with Crippen LogP contribution in [0.5, 0.6) is 0 Å². The van der Waals surface area contributed by atoms with Crippen molar-refractivity contribution in [3.63, 3.8) is 0 Å². The van der Waals surface area contributed by atoms with Crippen LogP contribution in [0.4, 0.5) is 0 Å². The lowest BCUT2D eigenvalue weighted by Gasteiger charge is -2.36. The Labute approximate surface area is 164 Å². The van der Waals surface area contributed by atoms with Gasteiger partial charge in [-0.3, -0.25) is 0 Å². The van der Waals surface area contributed by atoms with Crippen molar-refractivity contribution in [2.24, 2.45) is 0 Å². The summed E-state index contributed by atoms with van der Waals surface area (Å²) in [5, 5.41) is 8.46. The fourth-order valence-electron chi connectivity index (χ4n) is 2.88. The first-order valence-corrected chi connectivity index (χ1v) is 13.1. The number of hydrogen-bond acceptors (Lipinski definition) is 1. The molecule has 1 radical (unpaired) electrons. The third-order valence-electron chi connectivity index (χ3n) is 4.72. The molecule has 1 N–H and O–H groups in total. The van der Waals surface area contributed by atoms with Gasteiger partial charge >= 0.3 is 5.97 Å². The summed E-state index contributed by atoms with van der Waals surface area (Å²) in [7, 11) is -0.527. The van der Waals surface area contributed by atoms with Crippen LogP contribution in [0.1, 0.15) is 76.6 Å². The Balaban J connectivity index is 0.000000496. The highest BCUT2D eigenvalue weighted by atomic mass is 79.9. The van der Waals surface area contributed by atoms with E-state index in [4.69, 9.17) is 5.11 Å². The number of carboxylic acids is 1. The van der Waals surface area contributed by atoms with Gasteiger partial charge in [0.05, 0.1) is 5.56 Å². The van der Waals surface area contributed by atoms with Crippen molar-refractivity contribution < 1.29 is 9.90 Å². The number of hydrogen-bond donors (Lipinski definition) is 1. The molecule has 4 heteroatoms. The van der Waals surface area contributed by atoms with Gasteiger partial charge in [-0.25, -0.2) is 4.79 Å². The molecule has 0 aliphatic carbocycles. The summed E-state index contributed by atoms with van der Waals surface area (Å²) in [5.41, 5.74) is 0.309. The van der Waals surface area contributed by atoms with Gasteiger partial charge in [-0.2, -0.15) is 0 Å². The summed E-state index contributed by atoms with van der Waals surface area (Å²) < 4.78 is 0.887. The van der Waals surface area contributed by atoms with E-state index in [2.05, 4.69) is 43.6 Å². The van der Waals surface area contributed by atoms with Gasteiger partial charge in [-0.1, -0.05) is 62.9 Å². The second-order valence-corrected chi connectivity index (χ2v) is 12.3. The Hall–Kier alpha value is -0.400. The maximum Gasteiger partial charge on any atom is 0.335 e. The van der Waals surface area contributed by atoms with Gasteiger partial charge in [0.15, 0.2) is 0 Å². The van der Waals surface area contributed by atoms with E-state index in [9.17, 15) is 4.79 Å². The van der Waals surface area contributed by atoms with Crippen LogP contribution in [-0.2, 0) is 0 Å². The van der Waals surface area contributed by atoms with E-state index in [1.165, 1.54) is 44.7 Å². The van der Waals surface area contributed by atoms with Gasteiger partial charge < -0.3 is 5.11 Å². The van der Waals surface area contributed by atoms with E-state index >= 15 is 0 Å². The molecular weight excluding hydrogens is 395 g/mol. The molecule has 0 atom stereocenters. The standard InChI is InChI=1S/C14H32P.C7H5BrO2/c1-5-9-12-15(8-4,13-10-6-2)14-11-7-3;8-6-3-1-5(2-4-6)7(9)10/h5-14H2,1-4H3;1-4H,(H,9,10). The van der Waals surface area contributed by atoms with Crippen LogP contribution in [0, 0.1) is 0 Å². The van der Waals surface area contributed by atoms with Gasteiger partial charge in [0.2, 0.25) is 0 Å². The van der Waals surface area contributed by atoms with E-state index in [-0.39, 0.29) is 0 Å². The molecule has 0 aliphatic heterocycles. The predicted molar refractivity (Wildman–Crippen MR) is 118 cm³/mol. The third kappa shape index (κ3) is 11.0. The summed E-state index contributed by atoms with van der Waals surface area (Å²) in [4.78, 5) is 10.3. The highest BCUT2D eigenvalue weighted by Crippen LogP contribution is 2.60. The predicted octanol–water partition coefficient (Wildman–Crippen LogP) is 7.57. The Morgan fingerprint density at radius 3 is 1.56 bits per heavy atom. The number of benzene rings is 1. The largest absolute Gasteiger partial charge is 0.478 e. The van der Waals surface area contributed by atoms with Gasteiger partial charge in [-0.05, 0) is 68.2 Å². The quantitative estimate of drug-likeness (QED) is 0.366. The molecule has 0 aromatic heterocycles. The monoisotopic (exact) mass is 431 g/mol. The van der Waals surface area contributed by atoms with Gasteiger partial charge in [0, 0.05) is 4.47 Å². The first-order chi connectivity index (χ1) is 11.9. The van der Waals surface area contributed by atoms with E-state index < -0.39 is 13.2 Å². The first kappa shape index (κ1) is 24.6. The van der Waals surface area contributed by atoms with Crippen LogP contribution >= 0.6 is 23.2 Å². The highest BCUT2D eigenvalue weighted by molar-refractivity contribution is 9.10. The minimum Gasteiger partial charge on any atom is -0.478 e. The van der Waals surface area contributed by atoms with Crippen molar-refractivity contribution in [3.05, 3.63) is 34.3 Å². The Morgan fingerprint density at radius 2 is 1.28 bits per heavy atom. The summed E-state index contributed by atoms with van der Waals surface area (Å²) in [6, 6.07) is 6.49. The molecule has 1 aromatic carbocycles. The number of halogens is 1. The second-order valence-electron chi connectivity index (χ2n) is 6.70.